The lowest BCUT2D eigenvalue weighted by Crippen LogP contribution is -2.20. The average molecular weight is 456 g/mol. The van der Waals surface area contributed by atoms with Gasteiger partial charge in [-0.2, -0.15) is 0 Å². The van der Waals surface area contributed by atoms with Crippen molar-refractivity contribution < 1.29 is 9.59 Å². The zero-order chi connectivity index (χ0) is 22.9. The van der Waals surface area contributed by atoms with Crippen LogP contribution in [0.5, 0.6) is 0 Å². The molecule has 2 aromatic heterocycles. The van der Waals surface area contributed by atoms with Crippen molar-refractivity contribution in [2.75, 3.05) is 5.32 Å². The lowest BCUT2D eigenvalue weighted by Gasteiger charge is -2.20. The van der Waals surface area contributed by atoms with Crippen molar-refractivity contribution in [3.8, 4) is 11.3 Å². The number of primary amides is 1. The summed E-state index contributed by atoms with van der Waals surface area (Å²) in [6.07, 6.45) is 3.91. The Kier molecular flexibility index (Phi) is 5.68. The van der Waals surface area contributed by atoms with Crippen LogP contribution in [0.1, 0.15) is 50.9 Å². The number of para-hydroxylation sites is 1. The molecule has 2 aromatic carbocycles. The first-order chi connectivity index (χ1) is 16.0. The lowest BCUT2D eigenvalue weighted by molar-refractivity contribution is 0.1000. The molecule has 0 saturated carbocycles. The molecule has 0 radical (unpaired) electrons. The van der Waals surface area contributed by atoms with Gasteiger partial charge in [0.25, 0.3) is 11.8 Å². The van der Waals surface area contributed by atoms with E-state index in [4.69, 9.17) is 10.7 Å². The van der Waals surface area contributed by atoms with Crippen molar-refractivity contribution >= 4 is 39.1 Å². The SMILES string of the molecule is CC[C@H]1CCc2c(sc(NC(=O)c3cc(-c4ccccc4)nc4ccccc34)c2C(N)=O)C1. The number of hydrogen-bond acceptors (Lipinski definition) is 4. The minimum atomic E-state index is -0.484. The minimum Gasteiger partial charge on any atom is -0.365 e. The highest BCUT2D eigenvalue weighted by Crippen LogP contribution is 2.40. The highest BCUT2D eigenvalue weighted by atomic mass is 32.1. The zero-order valence-corrected chi connectivity index (χ0v) is 19.2. The van der Waals surface area contributed by atoms with Crippen LogP contribution in [-0.4, -0.2) is 16.8 Å². The maximum Gasteiger partial charge on any atom is 0.257 e. The van der Waals surface area contributed by atoms with Crippen molar-refractivity contribution in [1.29, 1.82) is 0 Å². The fourth-order valence-electron chi connectivity index (χ4n) is 4.64. The Balaban J connectivity index is 1.57. The van der Waals surface area contributed by atoms with Crippen LogP contribution in [0.15, 0.2) is 60.7 Å². The molecule has 3 N–H and O–H groups in total. The molecule has 1 aliphatic carbocycles. The Morgan fingerprint density at radius 1 is 1.12 bits per heavy atom. The molecule has 0 aliphatic heterocycles. The molecule has 166 valence electrons. The molecule has 6 heteroatoms. The van der Waals surface area contributed by atoms with E-state index >= 15 is 0 Å². The van der Waals surface area contributed by atoms with Gasteiger partial charge >= 0.3 is 0 Å². The van der Waals surface area contributed by atoms with Crippen LogP contribution in [0.25, 0.3) is 22.2 Å². The highest BCUT2D eigenvalue weighted by Gasteiger charge is 2.28. The third-order valence-corrected chi connectivity index (χ3v) is 7.62. The van der Waals surface area contributed by atoms with Gasteiger partial charge in [-0.1, -0.05) is 61.9 Å². The number of fused-ring (bicyclic) bond motifs is 2. The Hall–Kier alpha value is -3.51. The van der Waals surface area contributed by atoms with Gasteiger partial charge in [0, 0.05) is 15.8 Å². The normalized spacial score (nSPS) is 15.2. The number of nitrogens with one attached hydrogen (secondary N) is 1. The van der Waals surface area contributed by atoms with Crippen LogP contribution in [0.4, 0.5) is 5.00 Å². The molecule has 5 nitrogen and oxygen atoms in total. The fourth-order valence-corrected chi connectivity index (χ4v) is 6.00. The fraction of sp³-hybridized carbons (Fsp3) is 0.222. The summed E-state index contributed by atoms with van der Waals surface area (Å²) in [7, 11) is 0. The molecule has 1 atom stereocenters. The number of aromatic nitrogens is 1. The molecule has 0 fully saturated rings. The number of thiophene rings is 1. The van der Waals surface area contributed by atoms with E-state index in [2.05, 4.69) is 12.2 Å². The molecule has 0 bridgehead atoms. The lowest BCUT2D eigenvalue weighted by atomic mass is 9.85. The van der Waals surface area contributed by atoms with Crippen molar-refractivity contribution in [3.63, 3.8) is 0 Å². The molecule has 0 saturated heterocycles. The Morgan fingerprint density at radius 2 is 1.88 bits per heavy atom. The van der Waals surface area contributed by atoms with Crippen molar-refractivity contribution in [2.45, 2.75) is 32.6 Å². The number of pyridine rings is 1. The smallest absolute Gasteiger partial charge is 0.257 e. The number of amides is 2. The third kappa shape index (κ3) is 4.02. The van der Waals surface area contributed by atoms with Crippen LogP contribution in [-0.2, 0) is 12.8 Å². The van der Waals surface area contributed by atoms with Gasteiger partial charge in [-0.25, -0.2) is 4.98 Å². The van der Waals surface area contributed by atoms with Crippen LogP contribution >= 0.6 is 11.3 Å². The number of anilines is 1. The largest absolute Gasteiger partial charge is 0.365 e. The quantitative estimate of drug-likeness (QED) is 0.397. The predicted molar refractivity (Wildman–Crippen MR) is 134 cm³/mol. The molecule has 0 spiro atoms. The van der Waals surface area contributed by atoms with Gasteiger partial charge in [0.2, 0.25) is 0 Å². The van der Waals surface area contributed by atoms with Crippen LogP contribution in [0.2, 0.25) is 0 Å². The van der Waals surface area contributed by atoms with E-state index in [0.29, 0.717) is 22.0 Å². The molecular weight excluding hydrogens is 430 g/mol. The molecule has 0 unspecified atom stereocenters. The van der Waals surface area contributed by atoms with Gasteiger partial charge < -0.3 is 11.1 Å². The minimum absolute atomic E-state index is 0.265. The van der Waals surface area contributed by atoms with E-state index in [1.165, 1.54) is 16.2 Å². The summed E-state index contributed by atoms with van der Waals surface area (Å²) in [5, 5.41) is 4.34. The Bertz CT molecular complexity index is 1360. The molecule has 4 aromatic rings. The molecule has 5 rings (SSSR count). The number of carbonyl (C=O) groups excluding carboxylic acids is 2. The van der Waals surface area contributed by atoms with E-state index in [0.717, 1.165) is 53.4 Å². The summed E-state index contributed by atoms with van der Waals surface area (Å²) in [4.78, 5) is 31.8. The number of nitrogens with two attached hydrogens (primary N) is 1. The number of carbonyl (C=O) groups is 2. The van der Waals surface area contributed by atoms with E-state index in [9.17, 15) is 9.59 Å². The number of rotatable bonds is 5. The summed E-state index contributed by atoms with van der Waals surface area (Å²) >= 11 is 1.49. The molecule has 2 amide bonds. The van der Waals surface area contributed by atoms with Gasteiger partial charge in [0.1, 0.15) is 5.00 Å². The standard InChI is InChI=1S/C27H25N3O2S/c1-2-16-12-13-19-23(14-16)33-27(24(19)25(28)31)30-26(32)20-15-22(17-8-4-3-5-9-17)29-21-11-7-6-10-18(20)21/h3-11,15-16H,2,12-14H2,1H3,(H2,28,31)(H,30,32)/t16-/m0/s1. The van der Waals surface area contributed by atoms with Gasteiger partial charge in [-0.15, -0.1) is 11.3 Å². The summed E-state index contributed by atoms with van der Waals surface area (Å²) in [5.41, 5.74) is 10.2. The average Bonchev–Trinajstić information content (AvgIpc) is 3.20. The Labute approximate surface area is 196 Å². The van der Waals surface area contributed by atoms with Gasteiger partial charge in [0.15, 0.2) is 0 Å². The van der Waals surface area contributed by atoms with Crippen molar-refractivity contribution in [2.24, 2.45) is 11.7 Å². The zero-order valence-electron chi connectivity index (χ0n) is 18.4. The monoisotopic (exact) mass is 455 g/mol. The van der Waals surface area contributed by atoms with E-state index in [1.807, 2.05) is 60.7 Å². The second-order valence-corrected chi connectivity index (χ2v) is 9.59. The number of benzene rings is 2. The Morgan fingerprint density at radius 3 is 2.64 bits per heavy atom. The summed E-state index contributed by atoms with van der Waals surface area (Å²) < 4.78 is 0. The van der Waals surface area contributed by atoms with Crippen molar-refractivity contribution in [1.82, 2.24) is 4.98 Å². The maximum absolute atomic E-state index is 13.5. The summed E-state index contributed by atoms with van der Waals surface area (Å²) in [6, 6.07) is 19.2. The second-order valence-electron chi connectivity index (χ2n) is 8.48. The van der Waals surface area contributed by atoms with E-state index < -0.39 is 5.91 Å². The first kappa shape index (κ1) is 21.3. The topological polar surface area (TPSA) is 85.1 Å². The first-order valence-electron chi connectivity index (χ1n) is 11.3. The van der Waals surface area contributed by atoms with Gasteiger partial charge in [-0.3, -0.25) is 9.59 Å². The molecule has 1 aliphatic rings. The predicted octanol–water partition coefficient (Wildman–Crippen LogP) is 5.83. The van der Waals surface area contributed by atoms with Gasteiger partial charge in [-0.05, 0) is 42.9 Å². The van der Waals surface area contributed by atoms with Gasteiger partial charge in [0.05, 0.1) is 22.3 Å². The first-order valence-corrected chi connectivity index (χ1v) is 12.1. The number of nitrogens with zero attached hydrogens (tertiary/aromatic N) is 1. The van der Waals surface area contributed by atoms with E-state index in [-0.39, 0.29) is 5.91 Å². The highest BCUT2D eigenvalue weighted by molar-refractivity contribution is 7.17. The van der Waals surface area contributed by atoms with E-state index in [1.54, 1.807) is 0 Å². The second kappa shape index (κ2) is 8.79. The third-order valence-electron chi connectivity index (χ3n) is 6.45. The maximum atomic E-state index is 13.5. The molecule has 2 heterocycles. The summed E-state index contributed by atoms with van der Waals surface area (Å²) in [5.74, 6) is -0.140. The van der Waals surface area contributed by atoms with Crippen LogP contribution in [0.3, 0.4) is 0 Å². The molecular formula is C27H25N3O2S. The van der Waals surface area contributed by atoms with Crippen LogP contribution in [0, 0.1) is 5.92 Å². The van der Waals surface area contributed by atoms with Crippen LogP contribution < -0.4 is 11.1 Å². The van der Waals surface area contributed by atoms with Crippen molar-refractivity contribution in [3.05, 3.63) is 82.2 Å². The summed E-state index contributed by atoms with van der Waals surface area (Å²) in [6.45, 7) is 2.19. The number of hydrogen-bond donors (Lipinski definition) is 2. The molecule has 33 heavy (non-hydrogen) atoms.